The summed E-state index contributed by atoms with van der Waals surface area (Å²) in [4.78, 5) is 22.2. The van der Waals surface area contributed by atoms with Crippen molar-refractivity contribution < 1.29 is 19.0 Å². The summed E-state index contributed by atoms with van der Waals surface area (Å²) in [6, 6.07) is 9.14. The van der Waals surface area contributed by atoms with Crippen LogP contribution in [0.25, 0.3) is 0 Å². The molecule has 0 aliphatic carbocycles. The van der Waals surface area contributed by atoms with E-state index in [1.807, 2.05) is 18.2 Å². The first kappa shape index (κ1) is 18.5. The average molecular weight is 368 g/mol. The SMILES string of the molecule is COc1ccccc1OCC(=O)N1CCCC(Oc2nccnc2C#N)C1. The fourth-order valence-corrected chi connectivity index (χ4v) is 2.88. The predicted octanol–water partition coefficient (Wildman–Crippen LogP) is 1.81. The van der Waals surface area contributed by atoms with Crippen LogP contribution in [0.3, 0.4) is 0 Å². The Morgan fingerprint density at radius 3 is 2.85 bits per heavy atom. The average Bonchev–Trinajstić information content (AvgIpc) is 2.72. The monoisotopic (exact) mass is 368 g/mol. The zero-order chi connectivity index (χ0) is 19.1. The molecule has 0 N–H and O–H groups in total. The van der Waals surface area contributed by atoms with Crippen LogP contribution in [-0.2, 0) is 4.79 Å². The number of amides is 1. The Labute approximate surface area is 157 Å². The van der Waals surface area contributed by atoms with Crippen LogP contribution in [0.4, 0.5) is 0 Å². The molecule has 0 bridgehead atoms. The smallest absolute Gasteiger partial charge is 0.260 e. The normalized spacial score (nSPS) is 16.3. The molecule has 8 heteroatoms. The molecule has 1 aliphatic rings. The van der Waals surface area contributed by atoms with Crippen molar-refractivity contribution in [2.75, 3.05) is 26.8 Å². The molecular weight excluding hydrogens is 348 g/mol. The first-order chi connectivity index (χ1) is 13.2. The van der Waals surface area contributed by atoms with Gasteiger partial charge in [-0.3, -0.25) is 4.79 Å². The number of nitriles is 1. The maximum Gasteiger partial charge on any atom is 0.260 e. The Kier molecular flexibility index (Phi) is 6.05. The van der Waals surface area contributed by atoms with E-state index in [4.69, 9.17) is 19.5 Å². The minimum Gasteiger partial charge on any atom is -0.493 e. The van der Waals surface area contributed by atoms with Gasteiger partial charge in [-0.2, -0.15) is 5.26 Å². The van der Waals surface area contributed by atoms with E-state index < -0.39 is 0 Å². The lowest BCUT2D eigenvalue weighted by Crippen LogP contribution is -2.46. The molecule has 1 aromatic heterocycles. The number of hydrogen-bond donors (Lipinski definition) is 0. The summed E-state index contributed by atoms with van der Waals surface area (Å²) in [6.45, 7) is 0.969. The highest BCUT2D eigenvalue weighted by Gasteiger charge is 2.26. The quantitative estimate of drug-likeness (QED) is 0.767. The maximum absolute atomic E-state index is 12.5. The van der Waals surface area contributed by atoms with Crippen molar-refractivity contribution in [3.8, 4) is 23.4 Å². The fourth-order valence-electron chi connectivity index (χ4n) is 2.88. The Morgan fingerprint density at radius 1 is 1.30 bits per heavy atom. The largest absolute Gasteiger partial charge is 0.493 e. The summed E-state index contributed by atoms with van der Waals surface area (Å²) in [5.41, 5.74) is 0.139. The lowest BCUT2D eigenvalue weighted by Gasteiger charge is -2.32. The number of likely N-dealkylation sites (tertiary alicyclic amines) is 1. The van der Waals surface area contributed by atoms with Crippen LogP contribution in [-0.4, -0.2) is 53.7 Å². The van der Waals surface area contributed by atoms with Gasteiger partial charge in [-0.25, -0.2) is 9.97 Å². The maximum atomic E-state index is 12.5. The summed E-state index contributed by atoms with van der Waals surface area (Å²) < 4.78 is 16.6. The lowest BCUT2D eigenvalue weighted by atomic mass is 10.1. The van der Waals surface area contributed by atoms with E-state index in [2.05, 4.69) is 9.97 Å². The second-order valence-electron chi connectivity index (χ2n) is 5.98. The number of methoxy groups -OCH3 is 1. The van der Waals surface area contributed by atoms with Gasteiger partial charge in [0.25, 0.3) is 11.8 Å². The van der Waals surface area contributed by atoms with Crippen molar-refractivity contribution in [2.24, 2.45) is 0 Å². The second kappa shape index (κ2) is 8.85. The van der Waals surface area contributed by atoms with Crippen LogP contribution in [0.15, 0.2) is 36.7 Å². The summed E-state index contributed by atoms with van der Waals surface area (Å²) >= 11 is 0. The molecule has 2 heterocycles. The molecule has 1 amide bonds. The molecule has 3 rings (SSSR count). The van der Waals surface area contributed by atoms with Crippen molar-refractivity contribution >= 4 is 5.91 Å². The van der Waals surface area contributed by atoms with Crippen molar-refractivity contribution in [3.63, 3.8) is 0 Å². The number of aromatic nitrogens is 2. The van der Waals surface area contributed by atoms with Crippen LogP contribution >= 0.6 is 0 Å². The van der Waals surface area contributed by atoms with Crippen molar-refractivity contribution in [3.05, 3.63) is 42.4 Å². The lowest BCUT2D eigenvalue weighted by molar-refractivity contribution is -0.136. The van der Waals surface area contributed by atoms with Crippen molar-refractivity contribution in [1.29, 1.82) is 5.26 Å². The van der Waals surface area contributed by atoms with Gasteiger partial charge in [0, 0.05) is 18.9 Å². The number of carbonyl (C=O) groups is 1. The van der Waals surface area contributed by atoms with Gasteiger partial charge in [-0.1, -0.05) is 12.1 Å². The van der Waals surface area contributed by atoms with E-state index in [9.17, 15) is 4.79 Å². The van der Waals surface area contributed by atoms with Gasteiger partial charge in [0.1, 0.15) is 12.2 Å². The molecule has 0 spiro atoms. The summed E-state index contributed by atoms with van der Waals surface area (Å²) in [5, 5.41) is 9.09. The number of benzene rings is 1. The highest BCUT2D eigenvalue weighted by Crippen LogP contribution is 2.26. The van der Waals surface area contributed by atoms with Crippen LogP contribution in [0.1, 0.15) is 18.5 Å². The number of hydrogen-bond acceptors (Lipinski definition) is 7. The molecule has 0 saturated carbocycles. The molecule has 1 unspecified atom stereocenters. The number of nitrogens with zero attached hydrogens (tertiary/aromatic N) is 4. The van der Waals surface area contributed by atoms with E-state index in [1.165, 1.54) is 12.4 Å². The summed E-state index contributed by atoms with van der Waals surface area (Å²) in [5.74, 6) is 1.17. The molecule has 0 radical (unpaired) electrons. The molecule has 140 valence electrons. The minimum absolute atomic E-state index is 0.0817. The number of piperidine rings is 1. The zero-order valence-electron chi connectivity index (χ0n) is 15.0. The second-order valence-corrected chi connectivity index (χ2v) is 5.98. The van der Waals surface area contributed by atoms with Crippen molar-refractivity contribution in [2.45, 2.75) is 18.9 Å². The van der Waals surface area contributed by atoms with Gasteiger partial charge in [0.15, 0.2) is 18.1 Å². The molecule has 2 aromatic rings. The topological polar surface area (TPSA) is 97.6 Å². The molecular formula is C19H20N4O4. The third kappa shape index (κ3) is 4.64. The van der Waals surface area contributed by atoms with Gasteiger partial charge in [-0.05, 0) is 25.0 Å². The van der Waals surface area contributed by atoms with Gasteiger partial charge in [0.2, 0.25) is 5.69 Å². The molecule has 8 nitrogen and oxygen atoms in total. The van der Waals surface area contributed by atoms with Crippen LogP contribution in [0, 0.1) is 11.3 Å². The van der Waals surface area contributed by atoms with E-state index in [1.54, 1.807) is 24.1 Å². The number of ether oxygens (including phenoxy) is 3. The molecule has 1 atom stereocenters. The third-order valence-electron chi connectivity index (χ3n) is 4.20. The fraction of sp³-hybridized carbons (Fsp3) is 0.368. The number of rotatable bonds is 6. The number of para-hydroxylation sites is 2. The molecule has 1 saturated heterocycles. The molecule has 1 aliphatic heterocycles. The van der Waals surface area contributed by atoms with Crippen LogP contribution in [0.5, 0.6) is 17.4 Å². The Morgan fingerprint density at radius 2 is 2.07 bits per heavy atom. The summed E-state index contributed by atoms with van der Waals surface area (Å²) in [7, 11) is 1.55. The Hall–Kier alpha value is -3.34. The van der Waals surface area contributed by atoms with E-state index in [0.29, 0.717) is 24.6 Å². The molecule has 1 aromatic carbocycles. The van der Waals surface area contributed by atoms with Crippen LogP contribution < -0.4 is 14.2 Å². The van der Waals surface area contributed by atoms with Gasteiger partial charge in [-0.15, -0.1) is 0 Å². The van der Waals surface area contributed by atoms with Crippen molar-refractivity contribution in [1.82, 2.24) is 14.9 Å². The van der Waals surface area contributed by atoms with Crippen LogP contribution in [0.2, 0.25) is 0 Å². The van der Waals surface area contributed by atoms with E-state index in [0.717, 1.165) is 12.8 Å². The van der Waals surface area contributed by atoms with Gasteiger partial charge >= 0.3 is 0 Å². The molecule has 27 heavy (non-hydrogen) atoms. The first-order valence-corrected chi connectivity index (χ1v) is 8.62. The standard InChI is InChI=1S/C19H20N4O4/c1-25-16-6-2-3-7-17(16)26-13-18(24)23-10-4-5-14(12-23)27-19-15(11-20)21-8-9-22-19/h2-3,6-9,14H,4-5,10,12-13H2,1H3. The summed E-state index contributed by atoms with van der Waals surface area (Å²) in [6.07, 6.45) is 4.25. The van der Waals surface area contributed by atoms with E-state index in [-0.39, 0.29) is 30.2 Å². The minimum atomic E-state index is -0.238. The zero-order valence-corrected chi connectivity index (χ0v) is 15.0. The van der Waals surface area contributed by atoms with Gasteiger partial charge in [0.05, 0.1) is 13.7 Å². The van der Waals surface area contributed by atoms with E-state index >= 15 is 0 Å². The molecule has 1 fully saturated rings. The van der Waals surface area contributed by atoms with Gasteiger partial charge < -0.3 is 19.1 Å². The highest BCUT2D eigenvalue weighted by atomic mass is 16.5. The number of carbonyl (C=O) groups excluding carboxylic acids is 1. The Balaban J connectivity index is 1.57. The third-order valence-corrected chi connectivity index (χ3v) is 4.20. The Bertz CT molecular complexity index is 836. The predicted molar refractivity (Wildman–Crippen MR) is 95.5 cm³/mol. The highest BCUT2D eigenvalue weighted by molar-refractivity contribution is 5.78. The first-order valence-electron chi connectivity index (χ1n) is 8.62.